The molecule has 0 aliphatic carbocycles. The number of benzene rings is 1. The van der Waals surface area contributed by atoms with Gasteiger partial charge in [0.15, 0.2) is 0 Å². The molecule has 3 aromatic rings. The first kappa shape index (κ1) is 13.1. The Balaban J connectivity index is 1.50. The van der Waals surface area contributed by atoms with Gasteiger partial charge in [-0.3, -0.25) is 0 Å². The van der Waals surface area contributed by atoms with Gasteiger partial charge in [-0.25, -0.2) is 4.98 Å². The molecule has 0 aliphatic rings. The van der Waals surface area contributed by atoms with E-state index in [0.717, 1.165) is 36.0 Å². The summed E-state index contributed by atoms with van der Waals surface area (Å²) in [5.41, 5.74) is 2.33. The van der Waals surface area contributed by atoms with E-state index >= 15 is 0 Å². The molecule has 2 aromatic heterocycles. The van der Waals surface area contributed by atoms with Crippen molar-refractivity contribution < 1.29 is 4.42 Å². The highest BCUT2D eigenvalue weighted by Gasteiger charge is 2.04. The van der Waals surface area contributed by atoms with Crippen LogP contribution in [0, 0.1) is 0 Å². The summed E-state index contributed by atoms with van der Waals surface area (Å²) in [6, 6.07) is 14.2. The van der Waals surface area contributed by atoms with Gasteiger partial charge in [-0.2, -0.15) is 0 Å². The second-order valence-electron chi connectivity index (χ2n) is 4.52. The highest BCUT2D eigenvalue weighted by molar-refractivity contribution is 7.13. The monoisotopic (exact) mass is 284 g/mol. The molecule has 0 amide bonds. The molecule has 3 nitrogen and oxygen atoms in total. The fourth-order valence-electron chi connectivity index (χ4n) is 1.98. The van der Waals surface area contributed by atoms with Gasteiger partial charge in [-0.15, -0.1) is 11.3 Å². The van der Waals surface area contributed by atoms with Crippen molar-refractivity contribution in [3.63, 3.8) is 0 Å². The van der Waals surface area contributed by atoms with E-state index in [4.69, 9.17) is 4.42 Å². The van der Waals surface area contributed by atoms with E-state index in [2.05, 4.69) is 27.8 Å². The summed E-state index contributed by atoms with van der Waals surface area (Å²) in [6.07, 6.45) is 2.63. The molecule has 102 valence electrons. The second-order valence-corrected chi connectivity index (χ2v) is 5.37. The normalized spacial score (nSPS) is 10.8. The van der Waals surface area contributed by atoms with Gasteiger partial charge >= 0.3 is 0 Å². The summed E-state index contributed by atoms with van der Waals surface area (Å²) in [7, 11) is 0. The minimum Gasteiger partial charge on any atom is -0.468 e. The minimum atomic E-state index is 0.767. The van der Waals surface area contributed by atoms with E-state index in [-0.39, 0.29) is 0 Å². The van der Waals surface area contributed by atoms with Gasteiger partial charge in [0.1, 0.15) is 10.8 Å². The Bertz CT molecular complexity index is 632. The molecular weight excluding hydrogens is 268 g/mol. The van der Waals surface area contributed by atoms with E-state index in [1.165, 1.54) is 5.56 Å². The van der Waals surface area contributed by atoms with Crippen LogP contribution in [0.2, 0.25) is 0 Å². The topological polar surface area (TPSA) is 38.1 Å². The van der Waals surface area contributed by atoms with Crippen molar-refractivity contribution in [2.75, 3.05) is 6.54 Å². The van der Waals surface area contributed by atoms with Crippen LogP contribution in [0.5, 0.6) is 0 Å². The predicted octanol–water partition coefficient (Wildman–Crippen LogP) is 3.74. The third-order valence-electron chi connectivity index (χ3n) is 3.01. The van der Waals surface area contributed by atoms with Crippen LogP contribution in [0.15, 0.2) is 58.5 Å². The molecule has 0 bridgehead atoms. The summed E-state index contributed by atoms with van der Waals surface area (Å²) in [5, 5.41) is 6.58. The number of furan rings is 1. The van der Waals surface area contributed by atoms with Gasteiger partial charge in [-0.1, -0.05) is 30.3 Å². The molecule has 0 unspecified atom stereocenters. The molecule has 20 heavy (non-hydrogen) atoms. The maximum Gasteiger partial charge on any atom is 0.123 e. The molecule has 0 fully saturated rings. The van der Waals surface area contributed by atoms with Crippen molar-refractivity contribution in [2.45, 2.75) is 13.0 Å². The van der Waals surface area contributed by atoms with Gasteiger partial charge in [0, 0.05) is 23.9 Å². The Labute approximate surface area is 122 Å². The van der Waals surface area contributed by atoms with Crippen LogP contribution in [0.1, 0.15) is 11.5 Å². The van der Waals surface area contributed by atoms with Gasteiger partial charge in [0.2, 0.25) is 0 Å². The summed E-state index contributed by atoms with van der Waals surface area (Å²) in [5.74, 6) is 0.966. The van der Waals surface area contributed by atoms with Crippen molar-refractivity contribution in [1.29, 1.82) is 0 Å². The Morgan fingerprint density at radius 3 is 2.80 bits per heavy atom. The minimum absolute atomic E-state index is 0.767. The van der Waals surface area contributed by atoms with Crippen LogP contribution in [-0.2, 0) is 13.0 Å². The van der Waals surface area contributed by atoms with Crippen molar-refractivity contribution in [3.8, 4) is 10.6 Å². The molecule has 0 saturated carbocycles. The number of nitrogens with one attached hydrogen (secondary N) is 1. The quantitative estimate of drug-likeness (QED) is 0.701. The highest BCUT2D eigenvalue weighted by Crippen LogP contribution is 2.23. The van der Waals surface area contributed by atoms with Gasteiger partial charge < -0.3 is 9.73 Å². The number of thiazole rings is 1. The lowest BCUT2D eigenvalue weighted by molar-refractivity contribution is 0.484. The number of hydrogen-bond donors (Lipinski definition) is 1. The standard InChI is InChI=1S/C16H16N2OS/c1-2-5-13(6-3-1)16-18-14(12-20-16)8-9-17-11-15-7-4-10-19-15/h1-7,10,12,17H,8-9,11H2. The number of rotatable bonds is 6. The largest absolute Gasteiger partial charge is 0.468 e. The molecule has 1 aromatic carbocycles. The fraction of sp³-hybridized carbons (Fsp3) is 0.188. The zero-order chi connectivity index (χ0) is 13.6. The molecule has 2 heterocycles. The van der Waals surface area contributed by atoms with E-state index in [1.54, 1.807) is 17.6 Å². The van der Waals surface area contributed by atoms with E-state index < -0.39 is 0 Å². The van der Waals surface area contributed by atoms with Crippen LogP contribution < -0.4 is 5.32 Å². The fourth-order valence-corrected chi connectivity index (χ4v) is 2.84. The van der Waals surface area contributed by atoms with Crippen LogP contribution in [-0.4, -0.2) is 11.5 Å². The number of aromatic nitrogens is 1. The van der Waals surface area contributed by atoms with Crippen molar-refractivity contribution in [2.24, 2.45) is 0 Å². The average Bonchev–Trinajstić information content (AvgIpc) is 3.16. The molecule has 0 saturated heterocycles. The van der Waals surface area contributed by atoms with Crippen LogP contribution in [0.4, 0.5) is 0 Å². The first-order valence-corrected chi connectivity index (χ1v) is 7.53. The smallest absolute Gasteiger partial charge is 0.123 e. The zero-order valence-corrected chi connectivity index (χ0v) is 11.9. The lowest BCUT2D eigenvalue weighted by Gasteiger charge is -2.00. The first-order valence-electron chi connectivity index (χ1n) is 6.65. The Kier molecular flexibility index (Phi) is 4.25. The SMILES string of the molecule is c1ccc(-c2nc(CCNCc3ccco3)cs2)cc1. The Morgan fingerprint density at radius 2 is 2.00 bits per heavy atom. The third kappa shape index (κ3) is 3.35. The Hall–Kier alpha value is -1.91. The molecule has 0 atom stereocenters. The van der Waals surface area contributed by atoms with Crippen molar-refractivity contribution in [3.05, 3.63) is 65.6 Å². The van der Waals surface area contributed by atoms with Crippen LogP contribution in [0.3, 0.4) is 0 Å². The van der Waals surface area contributed by atoms with Gasteiger partial charge in [0.05, 0.1) is 18.5 Å². The predicted molar refractivity (Wildman–Crippen MR) is 81.7 cm³/mol. The molecule has 1 N–H and O–H groups in total. The van der Waals surface area contributed by atoms with Crippen molar-refractivity contribution >= 4 is 11.3 Å². The molecule has 0 radical (unpaired) electrons. The van der Waals surface area contributed by atoms with Crippen LogP contribution >= 0.6 is 11.3 Å². The molecule has 0 aliphatic heterocycles. The maximum atomic E-state index is 5.27. The molecule has 3 rings (SSSR count). The van der Waals surface area contributed by atoms with Crippen molar-refractivity contribution in [1.82, 2.24) is 10.3 Å². The van der Waals surface area contributed by atoms with Crippen LogP contribution in [0.25, 0.3) is 10.6 Å². The summed E-state index contributed by atoms with van der Waals surface area (Å²) >= 11 is 1.70. The summed E-state index contributed by atoms with van der Waals surface area (Å²) in [4.78, 5) is 4.67. The number of hydrogen-bond acceptors (Lipinski definition) is 4. The second kappa shape index (κ2) is 6.50. The molecular formula is C16H16N2OS. The summed E-state index contributed by atoms with van der Waals surface area (Å²) < 4.78 is 5.27. The maximum absolute atomic E-state index is 5.27. The summed E-state index contributed by atoms with van der Waals surface area (Å²) in [6.45, 7) is 1.67. The van der Waals surface area contributed by atoms with E-state index in [1.807, 2.05) is 30.3 Å². The van der Waals surface area contributed by atoms with Gasteiger partial charge in [0.25, 0.3) is 0 Å². The van der Waals surface area contributed by atoms with E-state index in [0.29, 0.717) is 0 Å². The lowest BCUT2D eigenvalue weighted by Crippen LogP contribution is -2.16. The zero-order valence-electron chi connectivity index (χ0n) is 11.1. The average molecular weight is 284 g/mol. The Morgan fingerprint density at radius 1 is 1.10 bits per heavy atom. The highest BCUT2D eigenvalue weighted by atomic mass is 32.1. The van der Waals surface area contributed by atoms with Gasteiger partial charge in [-0.05, 0) is 12.1 Å². The van der Waals surface area contributed by atoms with E-state index in [9.17, 15) is 0 Å². The first-order chi connectivity index (χ1) is 9.92. The molecule has 4 heteroatoms. The molecule has 0 spiro atoms. The number of nitrogens with zero attached hydrogens (tertiary/aromatic N) is 1. The lowest BCUT2D eigenvalue weighted by atomic mass is 10.2. The third-order valence-corrected chi connectivity index (χ3v) is 3.95.